The van der Waals surface area contributed by atoms with Gasteiger partial charge in [0.05, 0.1) is 5.69 Å². The van der Waals surface area contributed by atoms with Crippen LogP contribution in [0.15, 0.2) is 23.1 Å². The van der Waals surface area contributed by atoms with Gasteiger partial charge in [-0.1, -0.05) is 13.8 Å². The Morgan fingerprint density at radius 1 is 1.55 bits per heavy atom. The highest BCUT2D eigenvalue weighted by Gasteiger charge is 2.33. The molecule has 3 N–H and O–H groups in total. The molecule has 0 aliphatic carbocycles. The first kappa shape index (κ1) is 13.3. The number of aromatic nitrogens is 3. The molecule has 0 aromatic carbocycles. The Hall–Kier alpha value is -1.66. The number of piperidine rings is 1. The second-order valence-corrected chi connectivity index (χ2v) is 6.34. The number of hydrogen-bond acceptors (Lipinski definition) is 4. The predicted octanol–water partition coefficient (Wildman–Crippen LogP) is 0.582. The fourth-order valence-electron chi connectivity index (χ4n) is 2.91. The quantitative estimate of drug-likeness (QED) is 0.840. The predicted molar refractivity (Wildman–Crippen MR) is 77.5 cm³/mol. The molecule has 20 heavy (non-hydrogen) atoms. The van der Waals surface area contributed by atoms with E-state index in [1.807, 2.05) is 0 Å². The Balaban J connectivity index is 1.81. The van der Waals surface area contributed by atoms with Crippen molar-refractivity contribution < 1.29 is 0 Å². The maximum Gasteiger partial charge on any atom is 0.272 e. The van der Waals surface area contributed by atoms with E-state index < -0.39 is 0 Å². The van der Waals surface area contributed by atoms with Crippen LogP contribution >= 0.6 is 0 Å². The molecule has 1 saturated heterocycles. The summed E-state index contributed by atoms with van der Waals surface area (Å²) in [5.41, 5.74) is 7.68. The molecule has 1 aliphatic heterocycles. The number of H-pyrrole nitrogens is 1. The Kier molecular flexibility index (Phi) is 3.14. The molecule has 6 nitrogen and oxygen atoms in total. The van der Waals surface area contributed by atoms with Gasteiger partial charge in [-0.15, -0.1) is 0 Å². The van der Waals surface area contributed by atoms with Crippen LogP contribution in [-0.4, -0.2) is 38.6 Å². The molecule has 3 rings (SSSR count). The number of aromatic amines is 1. The zero-order valence-electron chi connectivity index (χ0n) is 12.0. The van der Waals surface area contributed by atoms with E-state index in [1.165, 1.54) is 4.52 Å². The second-order valence-electron chi connectivity index (χ2n) is 6.34. The van der Waals surface area contributed by atoms with Gasteiger partial charge in [0.2, 0.25) is 0 Å². The van der Waals surface area contributed by atoms with Crippen LogP contribution in [0.1, 0.15) is 26.0 Å². The van der Waals surface area contributed by atoms with Gasteiger partial charge in [0.25, 0.3) is 5.56 Å². The van der Waals surface area contributed by atoms with E-state index in [2.05, 4.69) is 28.8 Å². The third-order valence-corrected chi connectivity index (χ3v) is 4.21. The molecule has 0 saturated carbocycles. The Morgan fingerprint density at radius 3 is 3.10 bits per heavy atom. The lowest BCUT2D eigenvalue weighted by molar-refractivity contribution is 0.0889. The van der Waals surface area contributed by atoms with Crippen molar-refractivity contribution in [1.82, 2.24) is 19.5 Å². The Morgan fingerprint density at radius 2 is 2.35 bits per heavy atom. The van der Waals surface area contributed by atoms with E-state index in [9.17, 15) is 4.79 Å². The first-order valence-electron chi connectivity index (χ1n) is 7.00. The zero-order chi connectivity index (χ0) is 14.3. The molecule has 108 valence electrons. The van der Waals surface area contributed by atoms with E-state index in [0.717, 1.165) is 25.2 Å². The number of likely N-dealkylation sites (tertiary alicyclic amines) is 1. The van der Waals surface area contributed by atoms with Crippen LogP contribution in [0.25, 0.3) is 5.65 Å². The summed E-state index contributed by atoms with van der Waals surface area (Å²) in [6.45, 7) is 6.98. The van der Waals surface area contributed by atoms with E-state index in [0.29, 0.717) is 12.2 Å². The molecule has 1 fully saturated rings. The van der Waals surface area contributed by atoms with Gasteiger partial charge in [-0.05, 0) is 11.8 Å². The van der Waals surface area contributed by atoms with Gasteiger partial charge in [-0.3, -0.25) is 14.8 Å². The van der Waals surface area contributed by atoms with Gasteiger partial charge in [0.15, 0.2) is 5.65 Å². The summed E-state index contributed by atoms with van der Waals surface area (Å²) in [5.74, 6) is 0. The molecule has 1 unspecified atom stereocenters. The van der Waals surface area contributed by atoms with E-state index in [4.69, 9.17) is 5.73 Å². The number of hydrogen-bond donors (Lipinski definition) is 2. The SMILES string of the molecule is CC1(C)CN(Cc2cc(=O)n3[nH]ccc3n2)CCC1N. The monoisotopic (exact) mass is 275 g/mol. The van der Waals surface area contributed by atoms with Gasteiger partial charge in [0.1, 0.15) is 0 Å². The number of fused-ring (bicyclic) bond motifs is 1. The summed E-state index contributed by atoms with van der Waals surface area (Å²) in [7, 11) is 0. The van der Waals surface area contributed by atoms with Crippen LogP contribution < -0.4 is 11.3 Å². The minimum Gasteiger partial charge on any atom is -0.327 e. The van der Waals surface area contributed by atoms with Crippen LogP contribution in [0.3, 0.4) is 0 Å². The minimum absolute atomic E-state index is 0.0667. The van der Waals surface area contributed by atoms with Gasteiger partial charge in [-0.25, -0.2) is 9.50 Å². The van der Waals surface area contributed by atoms with Crippen LogP contribution in [-0.2, 0) is 6.54 Å². The van der Waals surface area contributed by atoms with Crippen molar-refractivity contribution in [3.05, 3.63) is 34.4 Å². The lowest BCUT2D eigenvalue weighted by Gasteiger charge is -2.42. The van der Waals surface area contributed by atoms with Crippen molar-refractivity contribution in [2.24, 2.45) is 11.1 Å². The summed E-state index contributed by atoms with van der Waals surface area (Å²) in [4.78, 5) is 18.8. The molecule has 0 radical (unpaired) electrons. The molecule has 0 spiro atoms. The van der Waals surface area contributed by atoms with Crippen molar-refractivity contribution >= 4 is 5.65 Å². The fourth-order valence-corrected chi connectivity index (χ4v) is 2.91. The molecule has 6 heteroatoms. The van der Waals surface area contributed by atoms with Gasteiger partial charge < -0.3 is 5.73 Å². The van der Waals surface area contributed by atoms with Crippen molar-refractivity contribution in [2.75, 3.05) is 13.1 Å². The minimum atomic E-state index is -0.0667. The summed E-state index contributed by atoms with van der Waals surface area (Å²) in [6, 6.07) is 3.65. The zero-order valence-corrected chi connectivity index (χ0v) is 12.0. The molecule has 0 amide bonds. The van der Waals surface area contributed by atoms with Crippen molar-refractivity contribution in [1.29, 1.82) is 0 Å². The summed E-state index contributed by atoms with van der Waals surface area (Å²) in [6.07, 6.45) is 2.70. The Bertz CT molecular complexity index is 671. The molecule has 3 heterocycles. The normalized spacial score (nSPS) is 23.2. The summed E-state index contributed by atoms with van der Waals surface area (Å²) in [5, 5.41) is 2.85. The largest absolute Gasteiger partial charge is 0.327 e. The molecule has 2 aromatic heterocycles. The lowest BCUT2D eigenvalue weighted by Crippen LogP contribution is -2.52. The molecule has 2 aromatic rings. The summed E-state index contributed by atoms with van der Waals surface area (Å²) >= 11 is 0. The number of nitrogens with zero attached hydrogens (tertiary/aromatic N) is 3. The first-order valence-corrected chi connectivity index (χ1v) is 7.00. The van der Waals surface area contributed by atoms with Crippen molar-refractivity contribution in [2.45, 2.75) is 32.9 Å². The third kappa shape index (κ3) is 2.36. The molecule has 1 atom stereocenters. The maximum absolute atomic E-state index is 11.9. The molecular weight excluding hydrogens is 254 g/mol. The highest BCUT2D eigenvalue weighted by atomic mass is 16.1. The number of rotatable bonds is 2. The molecular formula is C14H21N5O. The Labute approximate surface area is 117 Å². The van der Waals surface area contributed by atoms with Crippen molar-refractivity contribution in [3.63, 3.8) is 0 Å². The topological polar surface area (TPSA) is 79.4 Å². The third-order valence-electron chi connectivity index (χ3n) is 4.21. The van der Waals surface area contributed by atoms with Gasteiger partial charge in [-0.2, -0.15) is 0 Å². The van der Waals surface area contributed by atoms with E-state index in [1.54, 1.807) is 18.3 Å². The average molecular weight is 275 g/mol. The highest BCUT2D eigenvalue weighted by molar-refractivity contribution is 5.36. The van der Waals surface area contributed by atoms with Gasteiger partial charge >= 0.3 is 0 Å². The first-order chi connectivity index (χ1) is 9.45. The van der Waals surface area contributed by atoms with E-state index >= 15 is 0 Å². The second kappa shape index (κ2) is 4.71. The van der Waals surface area contributed by atoms with Crippen LogP contribution in [0.4, 0.5) is 0 Å². The standard InChI is InChI=1S/C14H21N5O/c1-14(2)9-18(6-4-11(14)15)8-10-7-13(20)19-12(17-10)3-5-16-19/h3,5,7,11,16H,4,6,8-9,15H2,1-2H3. The molecule has 1 aliphatic rings. The fraction of sp³-hybridized carbons (Fsp3) is 0.571. The number of nitrogens with one attached hydrogen (secondary N) is 1. The van der Waals surface area contributed by atoms with Crippen LogP contribution in [0.2, 0.25) is 0 Å². The van der Waals surface area contributed by atoms with Crippen LogP contribution in [0, 0.1) is 5.41 Å². The summed E-state index contributed by atoms with van der Waals surface area (Å²) < 4.78 is 1.44. The highest BCUT2D eigenvalue weighted by Crippen LogP contribution is 2.28. The smallest absolute Gasteiger partial charge is 0.272 e. The number of nitrogens with two attached hydrogens (primary N) is 1. The van der Waals surface area contributed by atoms with Crippen LogP contribution in [0.5, 0.6) is 0 Å². The maximum atomic E-state index is 11.9. The van der Waals surface area contributed by atoms with Crippen molar-refractivity contribution in [3.8, 4) is 0 Å². The molecule has 0 bridgehead atoms. The van der Waals surface area contributed by atoms with E-state index in [-0.39, 0.29) is 17.0 Å². The lowest BCUT2D eigenvalue weighted by atomic mass is 9.80. The van der Waals surface area contributed by atoms with Gasteiger partial charge in [0, 0.05) is 44.0 Å². The average Bonchev–Trinajstić information content (AvgIpc) is 2.82.